The van der Waals surface area contributed by atoms with Crippen molar-refractivity contribution < 1.29 is 28.3 Å². The zero-order chi connectivity index (χ0) is 20.4. The van der Waals surface area contributed by atoms with E-state index in [0.29, 0.717) is 11.6 Å². The van der Waals surface area contributed by atoms with E-state index in [-0.39, 0.29) is 26.7 Å². The van der Waals surface area contributed by atoms with Crippen molar-refractivity contribution in [2.45, 2.75) is 13.1 Å². The monoisotopic (exact) mass is 417 g/mol. The van der Waals surface area contributed by atoms with Gasteiger partial charge in [-0.05, 0) is 54.5 Å². The summed E-state index contributed by atoms with van der Waals surface area (Å²) in [5.41, 5.74) is -1.44. The number of rotatable bonds is 4. The van der Waals surface area contributed by atoms with Crippen molar-refractivity contribution in [2.24, 2.45) is 5.16 Å². The standard InChI is InChI=1S/C18H12Cl2F3NO3/c1-9-4-10(2-3-14(9)17(25)26)16(24-27)8-15(18(21,22)23)11-5-12(19)7-13(20)6-11/h2-8,27H,1H3,(H,25,26)/b15-8-,24-16-. The average molecular weight is 418 g/mol. The molecule has 0 aliphatic carbocycles. The minimum atomic E-state index is -4.79. The number of oxime groups is 1. The van der Waals surface area contributed by atoms with Crippen molar-refractivity contribution in [3.63, 3.8) is 0 Å². The molecule has 27 heavy (non-hydrogen) atoms. The Bertz CT molecular complexity index is 933. The molecular weight excluding hydrogens is 406 g/mol. The summed E-state index contributed by atoms with van der Waals surface area (Å²) >= 11 is 11.6. The zero-order valence-electron chi connectivity index (χ0n) is 13.7. The number of hydrogen-bond donors (Lipinski definition) is 2. The van der Waals surface area contributed by atoms with Crippen LogP contribution < -0.4 is 0 Å². The first kappa shape index (κ1) is 20.8. The fourth-order valence-corrected chi connectivity index (χ4v) is 2.93. The summed E-state index contributed by atoms with van der Waals surface area (Å²) < 4.78 is 40.7. The molecule has 0 spiro atoms. The minimum absolute atomic E-state index is 0.0109. The van der Waals surface area contributed by atoms with E-state index < -0.39 is 23.4 Å². The number of benzene rings is 2. The topological polar surface area (TPSA) is 69.9 Å². The summed E-state index contributed by atoms with van der Waals surface area (Å²) in [4.78, 5) is 11.1. The number of halogens is 5. The van der Waals surface area contributed by atoms with Gasteiger partial charge in [0.05, 0.1) is 11.1 Å². The highest BCUT2D eigenvalue weighted by Crippen LogP contribution is 2.36. The van der Waals surface area contributed by atoms with Gasteiger partial charge in [-0.3, -0.25) is 0 Å². The molecule has 2 rings (SSSR count). The lowest BCUT2D eigenvalue weighted by atomic mass is 9.98. The van der Waals surface area contributed by atoms with Crippen molar-refractivity contribution in [1.29, 1.82) is 0 Å². The Morgan fingerprint density at radius 2 is 1.67 bits per heavy atom. The van der Waals surface area contributed by atoms with Gasteiger partial charge in [-0.2, -0.15) is 13.2 Å². The second-order valence-corrected chi connectivity index (χ2v) is 6.41. The second kappa shape index (κ2) is 8.02. The summed E-state index contributed by atoms with van der Waals surface area (Å²) in [5.74, 6) is -1.18. The molecule has 0 aliphatic rings. The minimum Gasteiger partial charge on any atom is -0.478 e. The predicted octanol–water partition coefficient (Wildman–Crippen LogP) is 5.82. The van der Waals surface area contributed by atoms with Crippen LogP contribution in [0, 0.1) is 6.92 Å². The van der Waals surface area contributed by atoms with Crippen LogP contribution in [0.3, 0.4) is 0 Å². The summed E-state index contributed by atoms with van der Waals surface area (Å²) in [6, 6.07) is 7.24. The number of allylic oxidation sites excluding steroid dienone is 2. The maximum Gasteiger partial charge on any atom is 0.417 e. The van der Waals surface area contributed by atoms with Crippen molar-refractivity contribution in [3.05, 3.63) is 74.8 Å². The summed E-state index contributed by atoms with van der Waals surface area (Å²) in [7, 11) is 0. The molecular formula is C18H12Cl2F3NO3. The Morgan fingerprint density at radius 1 is 1.07 bits per heavy atom. The highest BCUT2D eigenvalue weighted by atomic mass is 35.5. The van der Waals surface area contributed by atoms with Gasteiger partial charge in [-0.15, -0.1) is 0 Å². The van der Waals surface area contributed by atoms with Crippen LogP contribution in [0.1, 0.15) is 27.0 Å². The van der Waals surface area contributed by atoms with E-state index in [0.717, 1.165) is 12.1 Å². The highest BCUT2D eigenvalue weighted by molar-refractivity contribution is 6.35. The van der Waals surface area contributed by atoms with Crippen LogP contribution >= 0.6 is 23.2 Å². The fourth-order valence-electron chi connectivity index (χ4n) is 2.41. The van der Waals surface area contributed by atoms with Gasteiger partial charge in [0.2, 0.25) is 0 Å². The van der Waals surface area contributed by atoms with E-state index in [1.165, 1.54) is 31.2 Å². The maximum absolute atomic E-state index is 13.6. The third-order valence-electron chi connectivity index (χ3n) is 3.62. The number of nitrogens with zero attached hydrogens (tertiary/aromatic N) is 1. The fraction of sp³-hybridized carbons (Fsp3) is 0.111. The molecule has 0 radical (unpaired) electrons. The predicted molar refractivity (Wildman–Crippen MR) is 97.0 cm³/mol. The molecule has 0 saturated heterocycles. The van der Waals surface area contributed by atoms with Crippen molar-refractivity contribution >= 4 is 40.5 Å². The van der Waals surface area contributed by atoms with E-state index in [4.69, 9.17) is 28.3 Å². The van der Waals surface area contributed by atoms with Crippen LogP contribution in [0.2, 0.25) is 10.0 Å². The quantitative estimate of drug-likeness (QED) is 0.373. The lowest BCUT2D eigenvalue weighted by Gasteiger charge is -2.14. The number of alkyl halides is 3. The molecule has 9 heteroatoms. The van der Waals surface area contributed by atoms with Crippen LogP contribution in [-0.2, 0) is 0 Å². The molecule has 0 bridgehead atoms. The third kappa shape index (κ3) is 5.02. The van der Waals surface area contributed by atoms with Gasteiger partial charge in [0, 0.05) is 15.6 Å². The lowest BCUT2D eigenvalue weighted by Crippen LogP contribution is -2.13. The molecule has 0 fully saturated rings. The summed E-state index contributed by atoms with van der Waals surface area (Å²) in [5, 5.41) is 21.2. The van der Waals surface area contributed by atoms with Crippen molar-refractivity contribution in [2.75, 3.05) is 0 Å². The van der Waals surface area contributed by atoms with Crippen molar-refractivity contribution in [1.82, 2.24) is 0 Å². The lowest BCUT2D eigenvalue weighted by molar-refractivity contribution is -0.0688. The zero-order valence-corrected chi connectivity index (χ0v) is 15.2. The van der Waals surface area contributed by atoms with E-state index >= 15 is 0 Å². The SMILES string of the molecule is Cc1cc(C(/C=C(/c2cc(Cl)cc(Cl)c2)C(F)(F)F)=N\O)ccc1C(=O)O. The molecule has 0 heterocycles. The van der Waals surface area contributed by atoms with Gasteiger partial charge < -0.3 is 10.3 Å². The number of aromatic carboxylic acids is 1. The highest BCUT2D eigenvalue weighted by Gasteiger charge is 2.35. The van der Waals surface area contributed by atoms with Crippen LogP contribution in [0.5, 0.6) is 0 Å². The van der Waals surface area contributed by atoms with Crippen LogP contribution in [0.4, 0.5) is 13.2 Å². The largest absolute Gasteiger partial charge is 0.478 e. The number of carboxylic acids is 1. The Kier molecular flexibility index (Phi) is 6.18. The first-order chi connectivity index (χ1) is 12.5. The molecule has 0 aromatic heterocycles. The van der Waals surface area contributed by atoms with Crippen molar-refractivity contribution in [3.8, 4) is 0 Å². The van der Waals surface area contributed by atoms with Gasteiger partial charge in [-0.1, -0.05) is 34.4 Å². The Morgan fingerprint density at radius 3 is 2.11 bits per heavy atom. The van der Waals surface area contributed by atoms with Crippen LogP contribution in [0.25, 0.3) is 5.57 Å². The summed E-state index contributed by atoms with van der Waals surface area (Å²) in [6.07, 6.45) is -4.16. The molecule has 2 aromatic carbocycles. The molecule has 0 saturated carbocycles. The van der Waals surface area contributed by atoms with Gasteiger partial charge in [0.25, 0.3) is 0 Å². The maximum atomic E-state index is 13.6. The van der Waals surface area contributed by atoms with Gasteiger partial charge >= 0.3 is 12.1 Å². The molecule has 2 N–H and O–H groups in total. The Balaban J connectivity index is 2.61. The van der Waals surface area contributed by atoms with Gasteiger partial charge in [-0.25, -0.2) is 4.79 Å². The Labute approximate surface area is 162 Å². The smallest absolute Gasteiger partial charge is 0.417 e. The summed E-state index contributed by atoms with van der Waals surface area (Å²) in [6.45, 7) is 1.48. The van der Waals surface area contributed by atoms with E-state index in [1.54, 1.807) is 0 Å². The van der Waals surface area contributed by atoms with Gasteiger partial charge in [0.15, 0.2) is 0 Å². The molecule has 0 atom stereocenters. The van der Waals surface area contributed by atoms with Gasteiger partial charge in [0.1, 0.15) is 5.71 Å². The van der Waals surface area contributed by atoms with E-state index in [2.05, 4.69) is 5.16 Å². The number of hydrogen-bond acceptors (Lipinski definition) is 3. The number of carboxylic acid groups (broad SMARTS) is 1. The molecule has 2 aromatic rings. The number of carbonyl (C=O) groups is 1. The normalized spacial score (nSPS) is 13.0. The molecule has 0 aliphatic heterocycles. The Hall–Kier alpha value is -2.51. The molecule has 0 amide bonds. The van der Waals surface area contributed by atoms with E-state index in [9.17, 15) is 23.2 Å². The third-order valence-corrected chi connectivity index (χ3v) is 4.06. The second-order valence-electron chi connectivity index (χ2n) is 5.53. The van der Waals surface area contributed by atoms with E-state index in [1.807, 2.05) is 0 Å². The van der Waals surface area contributed by atoms with Crippen LogP contribution in [0.15, 0.2) is 47.6 Å². The molecule has 142 valence electrons. The first-order valence-corrected chi connectivity index (χ1v) is 8.10. The molecule has 4 nitrogen and oxygen atoms in total. The number of aryl methyl sites for hydroxylation is 1. The first-order valence-electron chi connectivity index (χ1n) is 7.34. The average Bonchev–Trinajstić information content (AvgIpc) is 2.53. The van der Waals surface area contributed by atoms with Crippen LogP contribution in [-0.4, -0.2) is 28.2 Å². The molecule has 0 unspecified atom stereocenters.